The molecule has 9 heteroatoms. The van der Waals surface area contributed by atoms with Crippen molar-refractivity contribution < 1.29 is 27.4 Å². The Morgan fingerprint density at radius 3 is 2.57 bits per heavy atom. The second kappa shape index (κ2) is 9.11. The normalized spacial score (nSPS) is 23.8. The lowest BCUT2D eigenvalue weighted by molar-refractivity contribution is -0.157. The van der Waals surface area contributed by atoms with Gasteiger partial charge in [-0.3, -0.25) is 9.69 Å². The third kappa shape index (κ3) is 4.58. The van der Waals surface area contributed by atoms with Crippen LogP contribution in [-0.4, -0.2) is 75.6 Å². The molecule has 1 aromatic rings. The number of hydrogen-bond donors (Lipinski definition) is 0. The number of ether oxygens (including phenoxy) is 3. The Hall–Kier alpha value is -1.84. The summed E-state index contributed by atoms with van der Waals surface area (Å²) in [5, 5.41) is 0. The van der Waals surface area contributed by atoms with Crippen LogP contribution < -0.4 is 9.47 Å². The Morgan fingerprint density at radius 1 is 1.10 bits per heavy atom. The summed E-state index contributed by atoms with van der Waals surface area (Å²) < 4.78 is 44.3. The van der Waals surface area contributed by atoms with Crippen molar-refractivity contribution >= 4 is 16.0 Å². The Kier molecular flexibility index (Phi) is 6.50. The highest BCUT2D eigenvalue weighted by molar-refractivity contribution is 7.89. The minimum atomic E-state index is -3.64. The first-order chi connectivity index (χ1) is 14.5. The number of nitrogens with zero attached hydrogens (tertiary/aromatic N) is 2. The molecule has 0 spiro atoms. The third-order valence-corrected chi connectivity index (χ3v) is 8.03. The van der Waals surface area contributed by atoms with E-state index in [2.05, 4.69) is 11.8 Å². The molecule has 1 unspecified atom stereocenters. The molecule has 0 aliphatic carbocycles. The summed E-state index contributed by atoms with van der Waals surface area (Å²) in [7, 11) is -3.64. The van der Waals surface area contributed by atoms with Crippen LogP contribution in [0.1, 0.15) is 32.6 Å². The summed E-state index contributed by atoms with van der Waals surface area (Å²) in [6.07, 6.45) is 2.85. The summed E-state index contributed by atoms with van der Waals surface area (Å²) in [6.45, 7) is 6.40. The van der Waals surface area contributed by atoms with Gasteiger partial charge < -0.3 is 14.2 Å². The van der Waals surface area contributed by atoms with Gasteiger partial charge in [0.25, 0.3) is 0 Å². The number of carbonyl (C=O) groups excluding carboxylic acids is 1. The molecule has 4 rings (SSSR count). The van der Waals surface area contributed by atoms with Gasteiger partial charge in [-0.2, -0.15) is 4.31 Å². The second-order valence-corrected chi connectivity index (χ2v) is 10.0. The van der Waals surface area contributed by atoms with E-state index in [-0.39, 0.29) is 22.9 Å². The topological polar surface area (TPSA) is 85.4 Å². The number of esters is 1. The van der Waals surface area contributed by atoms with Gasteiger partial charge in [0.2, 0.25) is 10.0 Å². The lowest BCUT2D eigenvalue weighted by atomic mass is 9.98. The number of piperidine rings is 2. The fraction of sp³-hybridized carbons (Fsp3) is 0.667. The molecule has 1 atom stereocenters. The molecule has 2 saturated heterocycles. The maximum atomic E-state index is 13.0. The Balaban J connectivity index is 1.34. The molecule has 2 fully saturated rings. The maximum Gasteiger partial charge on any atom is 0.309 e. The number of likely N-dealkylation sites (N-methyl/N-ethyl adjacent to an activating group) is 1. The molecule has 166 valence electrons. The van der Waals surface area contributed by atoms with E-state index in [4.69, 9.17) is 14.2 Å². The molecule has 8 nitrogen and oxygen atoms in total. The third-order valence-electron chi connectivity index (χ3n) is 6.13. The predicted molar refractivity (Wildman–Crippen MR) is 110 cm³/mol. The van der Waals surface area contributed by atoms with Crippen LogP contribution in [0, 0.1) is 5.92 Å². The first kappa shape index (κ1) is 21.4. The molecule has 0 bridgehead atoms. The first-order valence-corrected chi connectivity index (χ1v) is 12.2. The summed E-state index contributed by atoms with van der Waals surface area (Å²) in [5.74, 6) is 0.587. The highest BCUT2D eigenvalue weighted by Gasteiger charge is 2.34. The summed E-state index contributed by atoms with van der Waals surface area (Å²) >= 11 is 0. The van der Waals surface area contributed by atoms with Crippen LogP contribution in [0.25, 0.3) is 0 Å². The van der Waals surface area contributed by atoms with Gasteiger partial charge in [0.1, 0.15) is 19.3 Å². The number of carbonyl (C=O) groups is 1. The van der Waals surface area contributed by atoms with Crippen LogP contribution in [0.15, 0.2) is 23.1 Å². The van der Waals surface area contributed by atoms with Crippen LogP contribution in [0.4, 0.5) is 0 Å². The molecule has 3 heterocycles. The van der Waals surface area contributed by atoms with Gasteiger partial charge in [0.15, 0.2) is 11.5 Å². The van der Waals surface area contributed by atoms with Crippen molar-refractivity contribution in [3.05, 3.63) is 18.2 Å². The SMILES string of the molecule is CCN1CCCC(OC(=O)C2CCN(S(=O)(=O)c3ccc4c(c3)OCCO4)CC2)C1. The number of hydrogen-bond acceptors (Lipinski definition) is 7. The number of benzene rings is 1. The summed E-state index contributed by atoms with van der Waals surface area (Å²) in [4.78, 5) is 15.1. The van der Waals surface area contributed by atoms with Crippen molar-refractivity contribution in [2.24, 2.45) is 5.92 Å². The maximum absolute atomic E-state index is 13.0. The molecule has 1 aromatic carbocycles. The van der Waals surface area contributed by atoms with Crippen molar-refractivity contribution in [2.45, 2.75) is 43.6 Å². The van der Waals surface area contributed by atoms with Crippen molar-refractivity contribution in [1.82, 2.24) is 9.21 Å². The van der Waals surface area contributed by atoms with E-state index < -0.39 is 10.0 Å². The van der Waals surface area contributed by atoms with Crippen molar-refractivity contribution in [2.75, 3.05) is 45.9 Å². The largest absolute Gasteiger partial charge is 0.486 e. The van der Waals surface area contributed by atoms with E-state index in [0.29, 0.717) is 50.6 Å². The summed E-state index contributed by atoms with van der Waals surface area (Å²) in [5.41, 5.74) is 0. The Labute approximate surface area is 178 Å². The predicted octanol–water partition coefficient (Wildman–Crippen LogP) is 1.89. The van der Waals surface area contributed by atoms with Gasteiger partial charge in [-0.15, -0.1) is 0 Å². The van der Waals surface area contributed by atoms with Gasteiger partial charge >= 0.3 is 5.97 Å². The van der Waals surface area contributed by atoms with Gasteiger partial charge in [-0.05, 0) is 50.9 Å². The minimum Gasteiger partial charge on any atom is -0.486 e. The fourth-order valence-electron chi connectivity index (χ4n) is 4.32. The average molecular weight is 439 g/mol. The second-order valence-electron chi connectivity index (χ2n) is 8.08. The molecule has 0 radical (unpaired) electrons. The van der Waals surface area contributed by atoms with E-state index in [1.54, 1.807) is 12.1 Å². The molecule has 0 amide bonds. The van der Waals surface area contributed by atoms with Crippen molar-refractivity contribution in [3.8, 4) is 11.5 Å². The molecule has 0 N–H and O–H groups in total. The van der Waals surface area contributed by atoms with Gasteiger partial charge in [0.05, 0.1) is 10.8 Å². The van der Waals surface area contributed by atoms with E-state index in [0.717, 1.165) is 32.5 Å². The molecule has 0 saturated carbocycles. The Bertz CT molecular complexity index is 866. The Morgan fingerprint density at radius 2 is 1.83 bits per heavy atom. The van der Waals surface area contributed by atoms with Crippen LogP contribution in [0.3, 0.4) is 0 Å². The summed E-state index contributed by atoms with van der Waals surface area (Å²) in [6, 6.07) is 4.70. The number of fused-ring (bicyclic) bond motifs is 1. The highest BCUT2D eigenvalue weighted by atomic mass is 32.2. The van der Waals surface area contributed by atoms with Gasteiger partial charge in [0, 0.05) is 25.7 Å². The molecular formula is C21H30N2O6S. The number of sulfonamides is 1. The van der Waals surface area contributed by atoms with Gasteiger partial charge in [-0.1, -0.05) is 6.92 Å². The average Bonchev–Trinajstić information content (AvgIpc) is 2.79. The molecule has 0 aromatic heterocycles. The van der Waals surface area contributed by atoms with E-state index in [1.807, 2.05) is 0 Å². The molecular weight excluding hydrogens is 408 g/mol. The van der Waals surface area contributed by atoms with Crippen molar-refractivity contribution in [3.63, 3.8) is 0 Å². The zero-order valence-corrected chi connectivity index (χ0v) is 18.2. The zero-order chi connectivity index (χ0) is 21.1. The van der Waals surface area contributed by atoms with Gasteiger partial charge in [-0.25, -0.2) is 8.42 Å². The van der Waals surface area contributed by atoms with E-state index >= 15 is 0 Å². The quantitative estimate of drug-likeness (QED) is 0.649. The van der Waals surface area contributed by atoms with Crippen LogP contribution in [0.5, 0.6) is 11.5 Å². The van der Waals surface area contributed by atoms with Crippen LogP contribution in [0.2, 0.25) is 0 Å². The lowest BCUT2D eigenvalue weighted by Crippen LogP contribution is -2.43. The monoisotopic (exact) mass is 438 g/mol. The van der Waals surface area contributed by atoms with Crippen LogP contribution in [-0.2, 0) is 19.6 Å². The highest BCUT2D eigenvalue weighted by Crippen LogP contribution is 2.34. The first-order valence-electron chi connectivity index (χ1n) is 10.8. The number of rotatable bonds is 5. The van der Waals surface area contributed by atoms with Crippen molar-refractivity contribution in [1.29, 1.82) is 0 Å². The number of likely N-dealkylation sites (tertiary alicyclic amines) is 1. The van der Waals surface area contributed by atoms with E-state index in [1.165, 1.54) is 10.4 Å². The molecule has 30 heavy (non-hydrogen) atoms. The lowest BCUT2D eigenvalue weighted by Gasteiger charge is -2.34. The van der Waals surface area contributed by atoms with E-state index in [9.17, 15) is 13.2 Å². The standard InChI is InChI=1S/C21H30N2O6S/c1-2-22-9-3-4-17(15-22)29-21(24)16-7-10-23(11-8-16)30(25,26)18-5-6-19-20(14-18)28-13-12-27-19/h5-6,14,16-17H,2-4,7-13,15H2,1H3. The minimum absolute atomic E-state index is 0.0503. The smallest absolute Gasteiger partial charge is 0.309 e. The molecule has 3 aliphatic heterocycles. The molecule has 3 aliphatic rings. The van der Waals surface area contributed by atoms with Crippen LogP contribution >= 0.6 is 0 Å². The zero-order valence-electron chi connectivity index (χ0n) is 17.4. The fourth-order valence-corrected chi connectivity index (χ4v) is 5.81.